The standard InChI is InChI=1S/C18H23BrN2O2/c1-13-6-7-14(12-15(13)19)20-16(22)18(8-9-18)17(23)21-10-4-2-3-5-11-21/h6-7,12H,2-5,8-11H2,1H3,(H,20,22). The Hall–Kier alpha value is -1.36. The van der Waals surface area contributed by atoms with Crippen LogP contribution in [0.2, 0.25) is 0 Å². The molecule has 1 aliphatic heterocycles. The molecule has 0 bridgehead atoms. The van der Waals surface area contributed by atoms with E-state index in [0.29, 0.717) is 12.8 Å². The van der Waals surface area contributed by atoms with E-state index in [4.69, 9.17) is 0 Å². The van der Waals surface area contributed by atoms with Gasteiger partial charge in [-0.25, -0.2) is 0 Å². The number of likely N-dealkylation sites (tertiary alicyclic amines) is 1. The summed E-state index contributed by atoms with van der Waals surface area (Å²) in [4.78, 5) is 27.4. The average molecular weight is 379 g/mol. The largest absolute Gasteiger partial charge is 0.342 e. The molecule has 1 saturated carbocycles. The van der Waals surface area contributed by atoms with Gasteiger partial charge in [0.1, 0.15) is 5.41 Å². The molecule has 1 aromatic carbocycles. The van der Waals surface area contributed by atoms with Crippen LogP contribution in [0.5, 0.6) is 0 Å². The Balaban J connectivity index is 1.70. The topological polar surface area (TPSA) is 49.4 Å². The van der Waals surface area contributed by atoms with Crippen molar-refractivity contribution >= 4 is 33.4 Å². The number of amides is 2. The highest BCUT2D eigenvalue weighted by Crippen LogP contribution is 2.48. The molecule has 0 aromatic heterocycles. The smallest absolute Gasteiger partial charge is 0.240 e. The zero-order chi connectivity index (χ0) is 16.4. The Morgan fingerprint density at radius 1 is 1.13 bits per heavy atom. The fourth-order valence-corrected chi connectivity index (χ4v) is 3.54. The molecule has 4 nitrogen and oxygen atoms in total. The number of hydrogen-bond donors (Lipinski definition) is 1. The van der Waals surface area contributed by atoms with Crippen LogP contribution in [0.1, 0.15) is 44.1 Å². The molecule has 1 aromatic rings. The lowest BCUT2D eigenvalue weighted by Crippen LogP contribution is -2.43. The maximum atomic E-state index is 12.8. The minimum Gasteiger partial charge on any atom is -0.342 e. The molecule has 2 fully saturated rings. The fourth-order valence-electron chi connectivity index (χ4n) is 3.16. The number of rotatable bonds is 3. The fraction of sp³-hybridized carbons (Fsp3) is 0.556. The third kappa shape index (κ3) is 3.44. The highest BCUT2D eigenvalue weighted by Gasteiger charge is 2.57. The summed E-state index contributed by atoms with van der Waals surface area (Å²) >= 11 is 3.48. The number of anilines is 1. The van der Waals surface area contributed by atoms with Gasteiger partial charge in [-0.1, -0.05) is 34.8 Å². The van der Waals surface area contributed by atoms with E-state index in [1.165, 1.54) is 12.8 Å². The first kappa shape index (κ1) is 16.5. The lowest BCUT2D eigenvalue weighted by molar-refractivity contribution is -0.142. The van der Waals surface area contributed by atoms with E-state index in [9.17, 15) is 9.59 Å². The van der Waals surface area contributed by atoms with Gasteiger partial charge in [-0.3, -0.25) is 9.59 Å². The van der Waals surface area contributed by atoms with E-state index < -0.39 is 5.41 Å². The van der Waals surface area contributed by atoms with Crippen LogP contribution < -0.4 is 5.32 Å². The number of nitrogens with zero attached hydrogens (tertiary/aromatic N) is 1. The molecule has 1 aliphatic carbocycles. The lowest BCUT2D eigenvalue weighted by atomic mass is 10.0. The van der Waals surface area contributed by atoms with Gasteiger partial charge in [0.25, 0.3) is 0 Å². The van der Waals surface area contributed by atoms with Crippen molar-refractivity contribution in [2.75, 3.05) is 18.4 Å². The van der Waals surface area contributed by atoms with E-state index in [-0.39, 0.29) is 11.8 Å². The van der Waals surface area contributed by atoms with Gasteiger partial charge in [-0.2, -0.15) is 0 Å². The summed E-state index contributed by atoms with van der Waals surface area (Å²) in [5.41, 5.74) is 1.04. The number of aryl methyl sites for hydroxylation is 1. The zero-order valence-corrected chi connectivity index (χ0v) is 15.1. The first-order chi connectivity index (χ1) is 11.0. The van der Waals surface area contributed by atoms with Crippen LogP contribution in [0.15, 0.2) is 22.7 Å². The maximum Gasteiger partial charge on any atom is 0.240 e. The highest BCUT2D eigenvalue weighted by atomic mass is 79.9. The van der Waals surface area contributed by atoms with E-state index in [0.717, 1.165) is 41.7 Å². The van der Waals surface area contributed by atoms with Crippen molar-refractivity contribution in [1.29, 1.82) is 0 Å². The molecule has 0 atom stereocenters. The minimum absolute atomic E-state index is 0.0306. The van der Waals surface area contributed by atoms with Crippen molar-refractivity contribution in [3.05, 3.63) is 28.2 Å². The third-order valence-electron chi connectivity index (χ3n) is 4.92. The van der Waals surface area contributed by atoms with Crippen molar-refractivity contribution in [1.82, 2.24) is 4.90 Å². The summed E-state index contributed by atoms with van der Waals surface area (Å²) in [6.45, 7) is 3.59. The third-order valence-corrected chi connectivity index (χ3v) is 5.77. The summed E-state index contributed by atoms with van der Waals surface area (Å²) in [5, 5.41) is 2.93. The van der Waals surface area contributed by atoms with Crippen LogP contribution in [0.4, 0.5) is 5.69 Å². The normalized spacial score (nSPS) is 19.8. The second kappa shape index (κ2) is 6.63. The summed E-state index contributed by atoms with van der Waals surface area (Å²) in [6.07, 6.45) is 5.80. The molecular formula is C18H23BrN2O2. The van der Waals surface area contributed by atoms with Crippen molar-refractivity contribution < 1.29 is 9.59 Å². The molecule has 23 heavy (non-hydrogen) atoms. The van der Waals surface area contributed by atoms with Crippen molar-refractivity contribution in [3.8, 4) is 0 Å². The van der Waals surface area contributed by atoms with E-state index in [2.05, 4.69) is 21.2 Å². The lowest BCUT2D eigenvalue weighted by Gasteiger charge is -2.25. The molecule has 1 saturated heterocycles. The summed E-state index contributed by atoms with van der Waals surface area (Å²) in [6, 6.07) is 5.72. The molecule has 2 amide bonds. The van der Waals surface area contributed by atoms with E-state index >= 15 is 0 Å². The molecule has 0 unspecified atom stereocenters. The number of carbonyl (C=O) groups excluding carboxylic acids is 2. The number of hydrogen-bond acceptors (Lipinski definition) is 2. The van der Waals surface area contributed by atoms with Gasteiger partial charge >= 0.3 is 0 Å². The second-order valence-electron chi connectivity index (χ2n) is 6.71. The van der Waals surface area contributed by atoms with Crippen LogP contribution >= 0.6 is 15.9 Å². The average Bonchev–Trinajstić information content (AvgIpc) is 3.34. The van der Waals surface area contributed by atoms with Gasteiger partial charge in [0.2, 0.25) is 11.8 Å². The summed E-state index contributed by atoms with van der Waals surface area (Å²) < 4.78 is 0.957. The second-order valence-corrected chi connectivity index (χ2v) is 7.56. The molecule has 1 heterocycles. The van der Waals surface area contributed by atoms with Gasteiger partial charge in [0, 0.05) is 23.2 Å². The Morgan fingerprint density at radius 2 is 1.78 bits per heavy atom. The van der Waals surface area contributed by atoms with Gasteiger partial charge in [0.05, 0.1) is 0 Å². The van der Waals surface area contributed by atoms with Crippen LogP contribution in [0, 0.1) is 12.3 Å². The maximum absolute atomic E-state index is 12.8. The Bertz CT molecular complexity index is 617. The Morgan fingerprint density at radius 3 is 2.35 bits per heavy atom. The first-order valence-corrected chi connectivity index (χ1v) is 9.19. The van der Waals surface area contributed by atoms with Crippen molar-refractivity contribution in [3.63, 3.8) is 0 Å². The zero-order valence-electron chi connectivity index (χ0n) is 13.5. The molecule has 3 rings (SSSR count). The highest BCUT2D eigenvalue weighted by molar-refractivity contribution is 9.10. The quantitative estimate of drug-likeness (QED) is 0.811. The van der Waals surface area contributed by atoms with Gasteiger partial charge < -0.3 is 10.2 Å². The molecule has 0 radical (unpaired) electrons. The van der Waals surface area contributed by atoms with Gasteiger partial charge in [-0.15, -0.1) is 0 Å². The summed E-state index contributed by atoms with van der Waals surface area (Å²) in [7, 11) is 0. The SMILES string of the molecule is Cc1ccc(NC(=O)C2(C(=O)N3CCCCCC3)CC2)cc1Br. The number of nitrogens with one attached hydrogen (secondary N) is 1. The van der Waals surface area contributed by atoms with Crippen LogP contribution in [-0.2, 0) is 9.59 Å². The number of carbonyl (C=O) groups is 2. The van der Waals surface area contributed by atoms with Crippen LogP contribution in [0.3, 0.4) is 0 Å². The Kier molecular flexibility index (Phi) is 4.76. The molecule has 2 aliphatic rings. The summed E-state index contributed by atoms with van der Waals surface area (Å²) in [5.74, 6) is -0.120. The van der Waals surface area contributed by atoms with Gasteiger partial charge in [-0.05, 0) is 50.3 Å². The van der Waals surface area contributed by atoms with Crippen LogP contribution in [-0.4, -0.2) is 29.8 Å². The molecule has 1 N–H and O–H groups in total. The number of benzene rings is 1. The predicted molar refractivity (Wildman–Crippen MR) is 94.2 cm³/mol. The first-order valence-electron chi connectivity index (χ1n) is 8.40. The number of halogens is 1. The van der Waals surface area contributed by atoms with Crippen molar-refractivity contribution in [2.24, 2.45) is 5.41 Å². The molecular weight excluding hydrogens is 356 g/mol. The van der Waals surface area contributed by atoms with Gasteiger partial charge in [0.15, 0.2) is 0 Å². The minimum atomic E-state index is -0.818. The monoisotopic (exact) mass is 378 g/mol. The Labute approximate surface area is 145 Å². The predicted octanol–water partition coefficient (Wildman–Crippen LogP) is 3.88. The van der Waals surface area contributed by atoms with Crippen molar-refractivity contribution in [2.45, 2.75) is 45.4 Å². The molecule has 0 spiro atoms. The van der Waals surface area contributed by atoms with E-state index in [1.807, 2.05) is 30.0 Å². The van der Waals surface area contributed by atoms with Crippen LogP contribution in [0.25, 0.3) is 0 Å². The molecule has 5 heteroatoms. The van der Waals surface area contributed by atoms with E-state index in [1.54, 1.807) is 0 Å². The molecule has 124 valence electrons.